The number of rotatable bonds is 10. The van der Waals surface area contributed by atoms with Gasteiger partial charge < -0.3 is 10.2 Å². The van der Waals surface area contributed by atoms with Crippen LogP contribution in [0, 0.1) is 0 Å². The topological polar surface area (TPSA) is 107 Å². The molecule has 35 heavy (non-hydrogen) atoms. The molecule has 0 aromatic heterocycles. The van der Waals surface area contributed by atoms with Crippen molar-refractivity contribution in [1.29, 1.82) is 0 Å². The van der Waals surface area contributed by atoms with Gasteiger partial charge in [0.15, 0.2) is 0 Å². The Hall–Kier alpha value is -2.31. The fourth-order valence-corrected chi connectivity index (χ4v) is 6.79. The molecular formula is C24H34N4O5S2. The second kappa shape index (κ2) is 11.6. The van der Waals surface area contributed by atoms with Crippen LogP contribution >= 0.6 is 0 Å². The maximum Gasteiger partial charge on any atom is 0.243 e. The average Bonchev–Trinajstić information content (AvgIpc) is 2.84. The van der Waals surface area contributed by atoms with Gasteiger partial charge in [-0.15, -0.1) is 0 Å². The highest BCUT2D eigenvalue weighted by atomic mass is 32.2. The lowest BCUT2D eigenvalue weighted by atomic mass is 10.1. The SMILES string of the molecule is CCN(CC)S(=O)(=O)c1ccc(CCC(=O)Nc2ccc(S(=O)(=O)N3CCN(C)CC3)cc2)cc1. The molecule has 0 bridgehead atoms. The Balaban J connectivity index is 1.55. The van der Waals surface area contributed by atoms with Crippen molar-refractivity contribution in [2.75, 3.05) is 51.6 Å². The number of nitrogens with one attached hydrogen (secondary N) is 1. The van der Waals surface area contributed by atoms with Gasteiger partial charge in [-0.1, -0.05) is 26.0 Å². The second-order valence-corrected chi connectivity index (χ2v) is 12.4. The minimum absolute atomic E-state index is 0.208. The highest BCUT2D eigenvalue weighted by Gasteiger charge is 2.27. The van der Waals surface area contributed by atoms with E-state index in [1.165, 1.54) is 20.7 Å². The number of carbonyl (C=O) groups excluding carboxylic acids is 1. The van der Waals surface area contributed by atoms with Gasteiger partial charge in [-0.2, -0.15) is 8.61 Å². The maximum atomic E-state index is 12.8. The number of sulfonamides is 2. The van der Waals surface area contributed by atoms with E-state index < -0.39 is 20.0 Å². The van der Waals surface area contributed by atoms with Crippen molar-refractivity contribution < 1.29 is 21.6 Å². The van der Waals surface area contributed by atoms with E-state index >= 15 is 0 Å². The van der Waals surface area contributed by atoms with Gasteiger partial charge >= 0.3 is 0 Å². The molecule has 2 aromatic carbocycles. The summed E-state index contributed by atoms with van der Waals surface area (Å²) in [5.74, 6) is -0.209. The summed E-state index contributed by atoms with van der Waals surface area (Å²) in [4.78, 5) is 14.9. The van der Waals surface area contributed by atoms with E-state index in [1.807, 2.05) is 7.05 Å². The molecule has 192 valence electrons. The molecule has 0 aliphatic carbocycles. The fourth-order valence-electron chi connectivity index (χ4n) is 3.91. The highest BCUT2D eigenvalue weighted by molar-refractivity contribution is 7.89. The number of nitrogens with zero attached hydrogens (tertiary/aromatic N) is 3. The molecule has 2 aromatic rings. The van der Waals surface area contributed by atoms with Gasteiger partial charge in [0.25, 0.3) is 0 Å². The number of carbonyl (C=O) groups is 1. The van der Waals surface area contributed by atoms with Gasteiger partial charge in [0.2, 0.25) is 26.0 Å². The van der Waals surface area contributed by atoms with Crippen molar-refractivity contribution in [1.82, 2.24) is 13.5 Å². The number of hydrogen-bond acceptors (Lipinski definition) is 6. The first kappa shape index (κ1) is 27.3. The quantitative estimate of drug-likeness (QED) is 0.513. The Bertz CT molecular complexity index is 1200. The van der Waals surface area contributed by atoms with E-state index in [-0.39, 0.29) is 22.1 Å². The first-order valence-corrected chi connectivity index (χ1v) is 14.6. The smallest absolute Gasteiger partial charge is 0.243 e. The fraction of sp³-hybridized carbons (Fsp3) is 0.458. The standard InChI is InChI=1S/C24H34N4O5S2/c1-4-27(5-2)34(30,31)22-11-6-20(7-12-22)8-15-24(29)25-21-9-13-23(14-10-21)35(32,33)28-18-16-26(3)17-19-28/h6-7,9-14H,4-5,8,15-19H2,1-3H3,(H,25,29). The van der Waals surface area contributed by atoms with E-state index in [2.05, 4.69) is 10.2 Å². The van der Waals surface area contributed by atoms with Gasteiger partial charge in [0.1, 0.15) is 0 Å². The Labute approximate surface area is 208 Å². The summed E-state index contributed by atoms with van der Waals surface area (Å²) in [6.07, 6.45) is 0.663. The molecule has 9 nitrogen and oxygen atoms in total. The van der Waals surface area contributed by atoms with Crippen LogP contribution in [0.25, 0.3) is 0 Å². The summed E-state index contributed by atoms with van der Waals surface area (Å²) in [5.41, 5.74) is 1.38. The number of aryl methyl sites for hydroxylation is 1. The molecule has 0 radical (unpaired) electrons. The van der Waals surface area contributed by atoms with E-state index in [4.69, 9.17) is 0 Å². The summed E-state index contributed by atoms with van der Waals surface area (Å²) in [5, 5.41) is 2.79. The van der Waals surface area contributed by atoms with Crippen molar-refractivity contribution in [2.24, 2.45) is 0 Å². The Kier molecular flexibility index (Phi) is 9.05. The zero-order valence-electron chi connectivity index (χ0n) is 20.5. The number of hydrogen-bond donors (Lipinski definition) is 1. The van der Waals surface area contributed by atoms with Crippen LogP contribution in [-0.2, 0) is 31.3 Å². The Morgan fingerprint density at radius 2 is 1.40 bits per heavy atom. The molecule has 1 N–H and O–H groups in total. The molecule has 0 spiro atoms. The molecule has 1 saturated heterocycles. The molecule has 0 unspecified atom stereocenters. The van der Waals surface area contributed by atoms with Crippen LogP contribution in [-0.4, -0.2) is 82.6 Å². The minimum Gasteiger partial charge on any atom is -0.326 e. The van der Waals surface area contributed by atoms with Crippen LogP contribution in [0.3, 0.4) is 0 Å². The predicted octanol–water partition coefficient (Wildman–Crippen LogP) is 2.22. The van der Waals surface area contributed by atoms with Crippen LogP contribution in [0.5, 0.6) is 0 Å². The van der Waals surface area contributed by atoms with Gasteiger partial charge in [-0.05, 0) is 55.4 Å². The largest absolute Gasteiger partial charge is 0.326 e. The molecule has 1 amide bonds. The molecule has 3 rings (SSSR count). The Morgan fingerprint density at radius 1 is 0.857 bits per heavy atom. The monoisotopic (exact) mass is 522 g/mol. The lowest BCUT2D eigenvalue weighted by Crippen LogP contribution is -2.46. The number of likely N-dealkylation sites (N-methyl/N-ethyl adjacent to an activating group) is 1. The number of amides is 1. The molecule has 0 saturated carbocycles. The minimum atomic E-state index is -3.55. The second-order valence-electron chi connectivity index (χ2n) is 8.51. The third-order valence-corrected chi connectivity index (χ3v) is 10.1. The molecule has 1 heterocycles. The summed E-state index contributed by atoms with van der Waals surface area (Å²) in [6, 6.07) is 12.8. The Morgan fingerprint density at radius 3 is 1.94 bits per heavy atom. The summed E-state index contributed by atoms with van der Waals surface area (Å²) < 4.78 is 53.7. The zero-order valence-corrected chi connectivity index (χ0v) is 22.1. The number of anilines is 1. The van der Waals surface area contributed by atoms with Crippen molar-refractivity contribution in [3.05, 3.63) is 54.1 Å². The van der Waals surface area contributed by atoms with Crippen LogP contribution in [0.4, 0.5) is 5.69 Å². The van der Waals surface area contributed by atoms with E-state index in [0.29, 0.717) is 51.4 Å². The summed E-state index contributed by atoms with van der Waals surface area (Å²) >= 11 is 0. The van der Waals surface area contributed by atoms with Crippen LogP contribution in [0.15, 0.2) is 58.3 Å². The van der Waals surface area contributed by atoms with E-state index in [9.17, 15) is 21.6 Å². The van der Waals surface area contributed by atoms with Crippen molar-refractivity contribution >= 4 is 31.6 Å². The van der Waals surface area contributed by atoms with Gasteiger partial charge in [-0.25, -0.2) is 16.8 Å². The van der Waals surface area contributed by atoms with Crippen LogP contribution < -0.4 is 5.32 Å². The number of benzene rings is 2. The van der Waals surface area contributed by atoms with Gasteiger partial charge in [0, 0.05) is 51.4 Å². The molecule has 11 heteroatoms. The number of piperazine rings is 1. The molecule has 1 aliphatic rings. The summed E-state index contributed by atoms with van der Waals surface area (Å²) in [7, 11) is -5.09. The maximum absolute atomic E-state index is 12.8. The predicted molar refractivity (Wildman–Crippen MR) is 136 cm³/mol. The molecule has 0 atom stereocenters. The first-order valence-electron chi connectivity index (χ1n) is 11.8. The highest BCUT2D eigenvalue weighted by Crippen LogP contribution is 2.20. The summed E-state index contributed by atoms with van der Waals surface area (Å²) in [6.45, 7) is 6.72. The van der Waals surface area contributed by atoms with Crippen LogP contribution in [0.2, 0.25) is 0 Å². The molecule has 1 fully saturated rings. The van der Waals surface area contributed by atoms with Gasteiger partial charge in [0.05, 0.1) is 9.79 Å². The third kappa shape index (κ3) is 6.68. The lowest BCUT2D eigenvalue weighted by molar-refractivity contribution is -0.116. The van der Waals surface area contributed by atoms with E-state index in [1.54, 1.807) is 50.2 Å². The van der Waals surface area contributed by atoms with Gasteiger partial charge in [-0.3, -0.25) is 4.79 Å². The zero-order chi connectivity index (χ0) is 25.6. The molecular weight excluding hydrogens is 488 g/mol. The van der Waals surface area contributed by atoms with E-state index in [0.717, 1.165) is 5.56 Å². The van der Waals surface area contributed by atoms with Crippen molar-refractivity contribution in [3.8, 4) is 0 Å². The van der Waals surface area contributed by atoms with Crippen molar-refractivity contribution in [3.63, 3.8) is 0 Å². The van der Waals surface area contributed by atoms with Crippen LogP contribution in [0.1, 0.15) is 25.8 Å². The molecule has 1 aliphatic heterocycles. The normalized spacial score (nSPS) is 15.9. The average molecular weight is 523 g/mol. The third-order valence-electron chi connectivity index (χ3n) is 6.15. The first-order chi connectivity index (χ1) is 16.6. The lowest BCUT2D eigenvalue weighted by Gasteiger charge is -2.31. The van der Waals surface area contributed by atoms with Crippen molar-refractivity contribution in [2.45, 2.75) is 36.5 Å².